The molecule has 5 rings (SSSR count). The zero-order valence-electron chi connectivity index (χ0n) is 22.8. The van der Waals surface area contributed by atoms with Gasteiger partial charge < -0.3 is 14.9 Å². The Bertz CT molecular complexity index is 1230. The SMILES string of the molecule is O=C(O)CCC(=O)O.O=S(=O)(CC1CC1)NCCOc1ccc2c(c1)C(Cc1ccccc1)C(N1CCC1)CC2. The molecule has 10 heteroatoms. The second-order valence-corrected chi connectivity index (χ2v) is 12.8. The van der Waals surface area contributed by atoms with Gasteiger partial charge in [-0.25, -0.2) is 13.1 Å². The number of nitrogens with zero attached hydrogens (tertiary/aromatic N) is 1. The average molecular weight is 573 g/mol. The number of fused-ring (bicyclic) bond motifs is 1. The van der Waals surface area contributed by atoms with Crippen LogP contribution < -0.4 is 9.46 Å². The number of nitrogens with one attached hydrogen (secondary N) is 1. The standard InChI is InChI=1S/C26H34N2O3S.C4H6O4/c29-32(30,19-21-7-8-21)27-13-16-31-23-11-9-22-10-12-26(28-14-4-15-28)25(24(22)18-23)17-20-5-2-1-3-6-20;5-3(6)1-2-4(7)8/h1-3,5-6,9,11,18,21,25-27H,4,7-8,10,12-17,19H2;1-2H2,(H,5,6)(H,7,8). The van der Waals surface area contributed by atoms with Gasteiger partial charge in [-0.05, 0) is 86.4 Å². The maximum atomic E-state index is 12.1. The summed E-state index contributed by atoms with van der Waals surface area (Å²) >= 11 is 0. The van der Waals surface area contributed by atoms with Crippen molar-refractivity contribution in [1.29, 1.82) is 0 Å². The van der Waals surface area contributed by atoms with Gasteiger partial charge in [0.2, 0.25) is 10.0 Å². The van der Waals surface area contributed by atoms with Gasteiger partial charge in [-0.15, -0.1) is 0 Å². The van der Waals surface area contributed by atoms with Gasteiger partial charge in [0, 0.05) is 18.5 Å². The number of ether oxygens (including phenoxy) is 1. The summed E-state index contributed by atoms with van der Waals surface area (Å²) in [5.74, 6) is -0.241. The molecular weight excluding hydrogens is 532 g/mol. The number of sulfonamides is 1. The molecule has 0 aromatic heterocycles. The van der Waals surface area contributed by atoms with E-state index in [1.165, 1.54) is 42.6 Å². The average Bonchev–Trinajstić information content (AvgIpc) is 3.70. The molecule has 1 saturated carbocycles. The fraction of sp³-hybridized carbons (Fsp3) is 0.533. The molecule has 2 unspecified atom stereocenters. The number of hydrogen-bond donors (Lipinski definition) is 3. The summed E-state index contributed by atoms with van der Waals surface area (Å²) in [5, 5.41) is 15.8. The largest absolute Gasteiger partial charge is 0.492 e. The van der Waals surface area contributed by atoms with E-state index < -0.39 is 22.0 Å². The van der Waals surface area contributed by atoms with Gasteiger partial charge in [0.15, 0.2) is 0 Å². The maximum absolute atomic E-state index is 12.1. The molecule has 2 aliphatic carbocycles. The van der Waals surface area contributed by atoms with E-state index >= 15 is 0 Å². The predicted molar refractivity (Wildman–Crippen MR) is 152 cm³/mol. The number of carboxylic acid groups (broad SMARTS) is 2. The third-order valence-electron chi connectivity index (χ3n) is 7.75. The molecule has 1 saturated heterocycles. The predicted octanol–water partition coefficient (Wildman–Crippen LogP) is 3.68. The number of hydrogen-bond acceptors (Lipinski definition) is 6. The Morgan fingerprint density at radius 3 is 2.27 bits per heavy atom. The molecule has 0 amide bonds. The highest BCUT2D eigenvalue weighted by Crippen LogP contribution is 2.40. The van der Waals surface area contributed by atoms with Crippen LogP contribution in [0, 0.1) is 5.92 Å². The fourth-order valence-electron chi connectivity index (χ4n) is 5.40. The molecular formula is C30H40N2O7S. The van der Waals surface area contributed by atoms with Crippen molar-refractivity contribution in [3.05, 3.63) is 65.2 Å². The lowest BCUT2D eigenvalue weighted by Gasteiger charge is -2.45. The second kappa shape index (κ2) is 14.1. The van der Waals surface area contributed by atoms with Crippen LogP contribution in [0.4, 0.5) is 0 Å². The van der Waals surface area contributed by atoms with E-state index in [0.717, 1.165) is 31.4 Å². The lowest BCUT2D eigenvalue weighted by atomic mass is 9.75. The van der Waals surface area contributed by atoms with E-state index in [1.807, 2.05) is 6.07 Å². The molecule has 40 heavy (non-hydrogen) atoms. The molecule has 2 fully saturated rings. The van der Waals surface area contributed by atoms with E-state index in [9.17, 15) is 18.0 Å². The van der Waals surface area contributed by atoms with Crippen LogP contribution in [-0.4, -0.2) is 73.5 Å². The first kappa shape index (κ1) is 30.0. The maximum Gasteiger partial charge on any atom is 0.303 e. The van der Waals surface area contributed by atoms with Crippen LogP contribution in [0.5, 0.6) is 5.75 Å². The highest BCUT2D eigenvalue weighted by molar-refractivity contribution is 7.89. The Kier molecular flexibility index (Phi) is 10.6. The van der Waals surface area contributed by atoms with Crippen LogP contribution >= 0.6 is 0 Å². The van der Waals surface area contributed by atoms with E-state index in [-0.39, 0.29) is 18.6 Å². The first-order valence-electron chi connectivity index (χ1n) is 14.1. The van der Waals surface area contributed by atoms with Gasteiger partial charge in [0.25, 0.3) is 0 Å². The van der Waals surface area contributed by atoms with Crippen molar-refractivity contribution in [3.8, 4) is 5.75 Å². The number of likely N-dealkylation sites (tertiary alicyclic amines) is 1. The molecule has 3 aliphatic rings. The summed E-state index contributed by atoms with van der Waals surface area (Å²) in [6.07, 6.45) is 6.16. The van der Waals surface area contributed by atoms with Crippen molar-refractivity contribution in [2.75, 3.05) is 32.0 Å². The molecule has 0 spiro atoms. The summed E-state index contributed by atoms with van der Waals surface area (Å²) in [4.78, 5) is 21.9. The normalized spacial score (nSPS) is 20.4. The molecule has 218 valence electrons. The van der Waals surface area contributed by atoms with Crippen molar-refractivity contribution < 1.29 is 33.0 Å². The Hall–Kier alpha value is -2.95. The summed E-state index contributed by atoms with van der Waals surface area (Å²) in [6.45, 7) is 3.09. The van der Waals surface area contributed by atoms with Crippen molar-refractivity contribution in [1.82, 2.24) is 9.62 Å². The zero-order chi connectivity index (χ0) is 28.5. The van der Waals surface area contributed by atoms with Gasteiger partial charge in [-0.1, -0.05) is 36.4 Å². The van der Waals surface area contributed by atoms with Gasteiger partial charge in [-0.2, -0.15) is 0 Å². The van der Waals surface area contributed by atoms with Crippen LogP contribution in [0.15, 0.2) is 48.5 Å². The number of aryl methyl sites for hydroxylation is 1. The van der Waals surface area contributed by atoms with Gasteiger partial charge in [0.1, 0.15) is 12.4 Å². The number of carboxylic acids is 2. The molecule has 0 bridgehead atoms. The molecule has 9 nitrogen and oxygen atoms in total. The molecule has 1 aliphatic heterocycles. The van der Waals surface area contributed by atoms with Crippen LogP contribution in [0.25, 0.3) is 0 Å². The number of rotatable bonds is 13. The highest BCUT2D eigenvalue weighted by Gasteiger charge is 2.36. The van der Waals surface area contributed by atoms with E-state index in [2.05, 4.69) is 52.1 Å². The summed E-state index contributed by atoms with van der Waals surface area (Å²) in [5.41, 5.74) is 4.22. The highest BCUT2D eigenvalue weighted by atomic mass is 32.2. The Morgan fingerprint density at radius 2 is 1.68 bits per heavy atom. The third kappa shape index (κ3) is 9.31. The number of benzene rings is 2. The zero-order valence-corrected chi connectivity index (χ0v) is 23.7. The van der Waals surface area contributed by atoms with Gasteiger partial charge in [-0.3, -0.25) is 14.5 Å². The van der Waals surface area contributed by atoms with Crippen LogP contribution in [0.3, 0.4) is 0 Å². The van der Waals surface area contributed by atoms with Crippen molar-refractivity contribution in [2.24, 2.45) is 5.92 Å². The quantitative estimate of drug-likeness (QED) is 0.310. The first-order chi connectivity index (χ1) is 19.2. The van der Waals surface area contributed by atoms with E-state index in [1.54, 1.807) is 0 Å². The minimum Gasteiger partial charge on any atom is -0.492 e. The van der Waals surface area contributed by atoms with Crippen molar-refractivity contribution in [3.63, 3.8) is 0 Å². The molecule has 2 atom stereocenters. The molecule has 1 heterocycles. The minimum atomic E-state index is -3.18. The molecule has 2 aromatic carbocycles. The smallest absolute Gasteiger partial charge is 0.303 e. The Morgan fingerprint density at radius 1 is 0.975 bits per heavy atom. The first-order valence-corrected chi connectivity index (χ1v) is 15.8. The van der Waals surface area contributed by atoms with Crippen molar-refractivity contribution >= 4 is 22.0 Å². The summed E-state index contributed by atoms with van der Waals surface area (Å²) < 4.78 is 32.8. The Labute approximate surface area is 236 Å². The third-order valence-corrected chi connectivity index (χ3v) is 9.30. The lowest BCUT2D eigenvalue weighted by Crippen LogP contribution is -2.49. The van der Waals surface area contributed by atoms with Crippen LogP contribution in [0.2, 0.25) is 0 Å². The van der Waals surface area contributed by atoms with Gasteiger partial charge in [0.05, 0.1) is 18.6 Å². The second-order valence-electron chi connectivity index (χ2n) is 10.9. The topological polar surface area (TPSA) is 133 Å². The van der Waals surface area contributed by atoms with Gasteiger partial charge >= 0.3 is 11.9 Å². The summed E-state index contributed by atoms with van der Waals surface area (Å²) in [6, 6.07) is 17.9. The fourth-order valence-corrected chi connectivity index (χ4v) is 6.87. The number of carbonyl (C=O) groups is 2. The molecule has 2 aromatic rings. The molecule has 0 radical (unpaired) electrons. The van der Waals surface area contributed by atoms with Crippen molar-refractivity contribution in [2.45, 2.75) is 63.3 Å². The summed E-state index contributed by atoms with van der Waals surface area (Å²) in [7, 11) is -3.18. The molecule has 3 N–H and O–H groups in total. The Balaban J connectivity index is 0.000000406. The van der Waals surface area contributed by atoms with E-state index in [0.29, 0.717) is 31.0 Å². The van der Waals surface area contributed by atoms with E-state index in [4.69, 9.17) is 14.9 Å². The monoisotopic (exact) mass is 572 g/mol. The lowest BCUT2D eigenvalue weighted by molar-refractivity contribution is -0.143. The van der Waals surface area contributed by atoms with Crippen LogP contribution in [0.1, 0.15) is 61.1 Å². The number of aliphatic carboxylic acids is 2. The minimum absolute atomic E-state index is 0.255. The van der Waals surface area contributed by atoms with Crippen LogP contribution in [-0.2, 0) is 32.5 Å².